The number of benzene rings is 1. The van der Waals surface area contributed by atoms with Gasteiger partial charge in [-0.3, -0.25) is 0 Å². The summed E-state index contributed by atoms with van der Waals surface area (Å²) in [6.07, 6.45) is 1.78. The third-order valence-electron chi connectivity index (χ3n) is 3.69. The van der Waals surface area contributed by atoms with Crippen LogP contribution in [0.5, 0.6) is 0 Å². The highest BCUT2D eigenvalue weighted by Gasteiger charge is 2.24. The first-order valence-electron chi connectivity index (χ1n) is 6.93. The van der Waals surface area contributed by atoms with E-state index in [4.69, 9.17) is 10.5 Å². The normalized spacial score (nSPS) is 18.6. The smallest absolute Gasteiger partial charge is 0.234 e. The first-order valence-corrected chi connectivity index (χ1v) is 7.74. The summed E-state index contributed by atoms with van der Waals surface area (Å²) in [5.74, 6) is 1.23. The maximum Gasteiger partial charge on any atom is 0.234 e. The van der Waals surface area contributed by atoms with E-state index in [9.17, 15) is 0 Å². The second kappa shape index (κ2) is 5.09. The van der Waals surface area contributed by atoms with Gasteiger partial charge in [0.1, 0.15) is 5.01 Å². The molecule has 3 heterocycles. The van der Waals surface area contributed by atoms with E-state index in [2.05, 4.69) is 15.3 Å². The Kier molecular flexibility index (Phi) is 3.08. The van der Waals surface area contributed by atoms with Gasteiger partial charge in [-0.25, -0.2) is 0 Å². The summed E-state index contributed by atoms with van der Waals surface area (Å²) in [5, 5.41) is 14.2. The van der Waals surface area contributed by atoms with Crippen LogP contribution in [0, 0.1) is 0 Å². The zero-order valence-electron chi connectivity index (χ0n) is 11.4. The van der Waals surface area contributed by atoms with E-state index >= 15 is 0 Å². The number of anilines is 1. The SMILES string of the molecule is Nc1ccc(Cc2nn3c(C4CCOC4)nnc3s2)cc1. The molecule has 1 fully saturated rings. The summed E-state index contributed by atoms with van der Waals surface area (Å²) in [6, 6.07) is 7.89. The van der Waals surface area contributed by atoms with Crippen molar-refractivity contribution in [3.8, 4) is 0 Å². The van der Waals surface area contributed by atoms with Crippen molar-refractivity contribution in [3.05, 3.63) is 40.7 Å². The molecular formula is C14H15N5OS. The molecule has 0 spiro atoms. The van der Waals surface area contributed by atoms with Crippen molar-refractivity contribution in [1.29, 1.82) is 0 Å². The van der Waals surface area contributed by atoms with Crippen molar-refractivity contribution in [1.82, 2.24) is 19.8 Å². The summed E-state index contributed by atoms with van der Waals surface area (Å²) in [4.78, 5) is 0.849. The second-order valence-corrected chi connectivity index (χ2v) is 6.27. The number of nitrogen functional groups attached to an aromatic ring is 1. The lowest BCUT2D eigenvalue weighted by molar-refractivity contribution is 0.193. The molecule has 6 nitrogen and oxygen atoms in total. The lowest BCUT2D eigenvalue weighted by Crippen LogP contribution is -2.05. The van der Waals surface area contributed by atoms with E-state index in [1.54, 1.807) is 11.3 Å². The molecule has 2 aromatic heterocycles. The van der Waals surface area contributed by atoms with Gasteiger partial charge >= 0.3 is 0 Å². The van der Waals surface area contributed by atoms with Gasteiger partial charge < -0.3 is 10.5 Å². The summed E-state index contributed by atoms with van der Waals surface area (Å²) in [7, 11) is 0. The number of hydrogen-bond donors (Lipinski definition) is 1. The van der Waals surface area contributed by atoms with E-state index in [0.717, 1.165) is 40.9 Å². The molecule has 1 aliphatic rings. The van der Waals surface area contributed by atoms with Crippen LogP contribution >= 0.6 is 11.3 Å². The van der Waals surface area contributed by atoms with Crippen molar-refractivity contribution >= 4 is 22.0 Å². The highest BCUT2D eigenvalue weighted by Crippen LogP contribution is 2.26. The minimum absolute atomic E-state index is 0.312. The van der Waals surface area contributed by atoms with Crippen molar-refractivity contribution in [2.45, 2.75) is 18.8 Å². The number of rotatable bonds is 3. The largest absolute Gasteiger partial charge is 0.399 e. The van der Waals surface area contributed by atoms with Crippen molar-refractivity contribution in [3.63, 3.8) is 0 Å². The Bertz CT molecular complexity index is 757. The number of nitrogens with two attached hydrogens (primary N) is 1. The van der Waals surface area contributed by atoms with Crippen LogP contribution in [0.3, 0.4) is 0 Å². The fourth-order valence-electron chi connectivity index (χ4n) is 2.55. The van der Waals surface area contributed by atoms with Crippen molar-refractivity contribution in [2.24, 2.45) is 0 Å². The van der Waals surface area contributed by atoms with E-state index < -0.39 is 0 Å². The Morgan fingerprint density at radius 1 is 1.29 bits per heavy atom. The molecule has 0 saturated carbocycles. The highest BCUT2D eigenvalue weighted by atomic mass is 32.1. The van der Waals surface area contributed by atoms with Gasteiger partial charge in [0.15, 0.2) is 5.82 Å². The van der Waals surface area contributed by atoms with Gasteiger partial charge in [0.2, 0.25) is 4.96 Å². The van der Waals surface area contributed by atoms with Gasteiger partial charge in [-0.15, -0.1) is 10.2 Å². The number of fused-ring (bicyclic) bond motifs is 1. The molecule has 2 N–H and O–H groups in total. The second-order valence-electron chi connectivity index (χ2n) is 5.23. The predicted octanol–water partition coefficient (Wildman–Crippen LogP) is 1.86. The Labute approximate surface area is 125 Å². The molecule has 0 aliphatic carbocycles. The molecule has 0 bridgehead atoms. The molecule has 1 saturated heterocycles. The molecule has 0 radical (unpaired) electrons. The monoisotopic (exact) mass is 301 g/mol. The Morgan fingerprint density at radius 2 is 2.14 bits per heavy atom. The fraction of sp³-hybridized carbons (Fsp3) is 0.357. The van der Waals surface area contributed by atoms with Gasteiger partial charge in [-0.2, -0.15) is 9.61 Å². The minimum Gasteiger partial charge on any atom is -0.399 e. The van der Waals surface area contributed by atoms with Crippen LogP contribution in [0.4, 0.5) is 5.69 Å². The first kappa shape index (κ1) is 12.7. The summed E-state index contributed by atoms with van der Waals surface area (Å²) >= 11 is 1.58. The topological polar surface area (TPSA) is 78.3 Å². The molecule has 7 heteroatoms. The molecule has 1 aliphatic heterocycles. The van der Waals surface area contributed by atoms with Crippen molar-refractivity contribution < 1.29 is 4.74 Å². The van der Waals surface area contributed by atoms with E-state index in [0.29, 0.717) is 12.5 Å². The molecular weight excluding hydrogens is 286 g/mol. The first-order chi connectivity index (χ1) is 10.3. The van der Waals surface area contributed by atoms with E-state index in [-0.39, 0.29) is 0 Å². The molecule has 108 valence electrons. The van der Waals surface area contributed by atoms with Crippen LogP contribution in [0.2, 0.25) is 0 Å². The summed E-state index contributed by atoms with van der Waals surface area (Å²) in [6.45, 7) is 1.51. The maximum atomic E-state index is 5.71. The number of nitrogens with zero attached hydrogens (tertiary/aromatic N) is 4. The molecule has 1 unspecified atom stereocenters. The maximum absolute atomic E-state index is 5.71. The van der Waals surface area contributed by atoms with Crippen LogP contribution in [-0.4, -0.2) is 33.0 Å². The van der Waals surface area contributed by atoms with Gasteiger partial charge in [-0.1, -0.05) is 23.5 Å². The lowest BCUT2D eigenvalue weighted by atomic mass is 10.1. The number of ether oxygens (including phenoxy) is 1. The van der Waals surface area contributed by atoms with Gasteiger partial charge in [0, 0.05) is 24.6 Å². The molecule has 3 aromatic rings. The standard InChI is InChI=1S/C14H15N5OS/c15-11-3-1-9(2-4-11)7-12-18-19-13(10-5-6-20-8-10)16-17-14(19)21-12/h1-4,10H,5-8,15H2. The zero-order valence-corrected chi connectivity index (χ0v) is 12.2. The molecule has 1 atom stereocenters. The number of hydrogen-bond acceptors (Lipinski definition) is 6. The van der Waals surface area contributed by atoms with E-state index in [1.807, 2.05) is 28.8 Å². The Hall–Kier alpha value is -1.99. The molecule has 0 amide bonds. The lowest BCUT2D eigenvalue weighted by Gasteiger charge is -2.02. The average molecular weight is 301 g/mol. The average Bonchev–Trinajstić information content (AvgIpc) is 3.17. The zero-order chi connectivity index (χ0) is 14.2. The van der Waals surface area contributed by atoms with Crippen LogP contribution in [0.15, 0.2) is 24.3 Å². The van der Waals surface area contributed by atoms with Crippen molar-refractivity contribution in [2.75, 3.05) is 18.9 Å². The molecule has 1 aromatic carbocycles. The number of aromatic nitrogens is 4. The molecule has 4 rings (SSSR count). The minimum atomic E-state index is 0.312. The fourth-order valence-corrected chi connectivity index (χ4v) is 3.42. The molecule has 21 heavy (non-hydrogen) atoms. The van der Waals surface area contributed by atoms with Gasteiger partial charge in [0.05, 0.1) is 6.61 Å². The summed E-state index contributed by atoms with van der Waals surface area (Å²) < 4.78 is 7.30. The van der Waals surface area contributed by atoms with E-state index in [1.165, 1.54) is 5.56 Å². The van der Waals surface area contributed by atoms with Gasteiger partial charge in [-0.05, 0) is 24.1 Å². The third-order valence-corrected chi connectivity index (χ3v) is 4.59. The Morgan fingerprint density at radius 3 is 2.90 bits per heavy atom. The Balaban J connectivity index is 1.63. The van der Waals surface area contributed by atoms with Crippen LogP contribution in [-0.2, 0) is 11.2 Å². The van der Waals surface area contributed by atoms with Crippen LogP contribution in [0.1, 0.15) is 28.7 Å². The summed E-state index contributed by atoms with van der Waals surface area (Å²) in [5.41, 5.74) is 7.68. The van der Waals surface area contributed by atoms with Crippen LogP contribution in [0.25, 0.3) is 4.96 Å². The predicted molar refractivity (Wildman–Crippen MR) is 80.5 cm³/mol. The van der Waals surface area contributed by atoms with Crippen LogP contribution < -0.4 is 5.73 Å². The quantitative estimate of drug-likeness (QED) is 0.747. The van der Waals surface area contributed by atoms with Gasteiger partial charge in [0.25, 0.3) is 0 Å². The third kappa shape index (κ3) is 2.38. The highest BCUT2D eigenvalue weighted by molar-refractivity contribution is 7.16.